The van der Waals surface area contributed by atoms with Gasteiger partial charge in [-0.15, -0.1) is 0 Å². The van der Waals surface area contributed by atoms with Gasteiger partial charge in [0, 0.05) is 6.20 Å². The summed E-state index contributed by atoms with van der Waals surface area (Å²) in [4.78, 5) is 23.5. The highest BCUT2D eigenvalue weighted by Gasteiger charge is 2.32. The second-order valence-corrected chi connectivity index (χ2v) is 5.90. The lowest BCUT2D eigenvalue weighted by atomic mass is 10.1. The van der Waals surface area contributed by atoms with Crippen molar-refractivity contribution in [3.8, 4) is 23.0 Å². The molecule has 4 heterocycles. The summed E-state index contributed by atoms with van der Waals surface area (Å²) in [6.45, 7) is 2.30. The molecule has 0 fully saturated rings. The summed E-state index contributed by atoms with van der Waals surface area (Å²) in [5, 5.41) is 6.64. The summed E-state index contributed by atoms with van der Waals surface area (Å²) in [5.41, 5.74) is 4.28. The Bertz CT molecular complexity index is 985. The summed E-state index contributed by atoms with van der Waals surface area (Å²) < 4.78 is 10.5. The van der Waals surface area contributed by atoms with Gasteiger partial charge in [-0.2, -0.15) is 5.10 Å². The van der Waals surface area contributed by atoms with Crippen LogP contribution in [0.4, 0.5) is 5.69 Å². The molecule has 4 rings (SSSR count). The van der Waals surface area contributed by atoms with Crippen LogP contribution < -0.4 is 14.4 Å². The van der Waals surface area contributed by atoms with E-state index in [4.69, 9.17) is 9.47 Å². The predicted molar refractivity (Wildman–Crippen MR) is 94.4 cm³/mol. The number of amides is 1. The lowest BCUT2D eigenvalue weighted by Crippen LogP contribution is -2.22. The van der Waals surface area contributed by atoms with E-state index >= 15 is 0 Å². The second kappa shape index (κ2) is 6.14. The van der Waals surface area contributed by atoms with Crippen molar-refractivity contribution >= 4 is 11.6 Å². The molecule has 1 amide bonds. The zero-order chi connectivity index (χ0) is 18.3. The third-order valence-electron chi connectivity index (χ3n) is 4.35. The number of carbonyl (C=O) groups is 1. The number of fused-ring (bicyclic) bond motifs is 1. The van der Waals surface area contributed by atoms with Crippen LogP contribution in [0.3, 0.4) is 0 Å². The minimum Gasteiger partial charge on any atom is -0.491 e. The summed E-state index contributed by atoms with van der Waals surface area (Å²) >= 11 is 0. The number of H-pyrrole nitrogens is 1. The molecule has 132 valence electrons. The lowest BCUT2D eigenvalue weighted by Gasteiger charge is -2.11. The molecule has 1 aliphatic rings. The van der Waals surface area contributed by atoms with Crippen molar-refractivity contribution in [2.75, 3.05) is 19.1 Å². The van der Waals surface area contributed by atoms with Gasteiger partial charge in [0.1, 0.15) is 0 Å². The first-order chi connectivity index (χ1) is 12.6. The van der Waals surface area contributed by atoms with Crippen molar-refractivity contribution in [1.82, 2.24) is 20.2 Å². The number of aromatic nitrogens is 4. The van der Waals surface area contributed by atoms with E-state index in [1.165, 1.54) is 7.11 Å². The van der Waals surface area contributed by atoms with E-state index in [2.05, 4.69) is 20.2 Å². The van der Waals surface area contributed by atoms with Crippen molar-refractivity contribution in [2.24, 2.45) is 0 Å². The highest BCUT2D eigenvalue weighted by molar-refractivity contribution is 6.10. The molecule has 1 N–H and O–H groups in total. The molecule has 26 heavy (non-hydrogen) atoms. The zero-order valence-electron chi connectivity index (χ0n) is 14.6. The van der Waals surface area contributed by atoms with Crippen LogP contribution in [0.2, 0.25) is 0 Å². The molecule has 8 heteroatoms. The molecule has 0 aliphatic carbocycles. The number of hydrogen-bond donors (Lipinski definition) is 1. The van der Waals surface area contributed by atoms with Crippen molar-refractivity contribution in [2.45, 2.75) is 13.5 Å². The van der Waals surface area contributed by atoms with Gasteiger partial charge in [-0.3, -0.25) is 14.8 Å². The Balaban J connectivity index is 1.76. The Hall–Kier alpha value is -3.42. The first kappa shape index (κ1) is 16.1. The van der Waals surface area contributed by atoms with Crippen LogP contribution in [0.15, 0.2) is 30.6 Å². The van der Waals surface area contributed by atoms with Crippen molar-refractivity contribution < 1.29 is 14.3 Å². The Morgan fingerprint density at radius 3 is 2.69 bits per heavy atom. The standard InChI is InChI=1S/C18H17N5O3/c1-10-6-13(12-4-5-15(25-2)17(22-12)26-3)21-14-9-23(18(24)16(10)14)11-7-19-20-8-11/h4-8H,9H2,1-3H3,(H,19,20). The maximum Gasteiger partial charge on any atom is 0.260 e. The zero-order valence-corrected chi connectivity index (χ0v) is 14.6. The summed E-state index contributed by atoms with van der Waals surface area (Å²) in [6.07, 6.45) is 3.31. The van der Waals surface area contributed by atoms with Crippen LogP contribution in [-0.2, 0) is 6.54 Å². The molecule has 0 unspecified atom stereocenters. The van der Waals surface area contributed by atoms with E-state index < -0.39 is 0 Å². The monoisotopic (exact) mass is 351 g/mol. The molecular formula is C18H17N5O3. The fourth-order valence-corrected chi connectivity index (χ4v) is 3.10. The number of rotatable bonds is 4. The Morgan fingerprint density at radius 2 is 2.00 bits per heavy atom. The average molecular weight is 351 g/mol. The van der Waals surface area contributed by atoms with E-state index in [-0.39, 0.29) is 5.91 Å². The number of aryl methyl sites for hydroxylation is 1. The molecule has 0 saturated heterocycles. The van der Waals surface area contributed by atoms with Crippen LogP contribution in [0, 0.1) is 6.92 Å². The molecule has 8 nitrogen and oxygen atoms in total. The third kappa shape index (κ3) is 2.46. The van der Waals surface area contributed by atoms with Gasteiger partial charge in [-0.25, -0.2) is 9.97 Å². The molecule has 3 aromatic heterocycles. The second-order valence-electron chi connectivity index (χ2n) is 5.90. The number of nitrogens with one attached hydrogen (secondary N) is 1. The first-order valence-electron chi connectivity index (χ1n) is 8.03. The number of nitrogens with zero attached hydrogens (tertiary/aromatic N) is 4. The minimum atomic E-state index is -0.0711. The van der Waals surface area contributed by atoms with Gasteiger partial charge in [0.15, 0.2) is 5.75 Å². The maximum atomic E-state index is 12.7. The quantitative estimate of drug-likeness (QED) is 0.775. The van der Waals surface area contributed by atoms with Gasteiger partial charge < -0.3 is 9.47 Å². The Labute approximate surface area is 149 Å². The normalized spacial score (nSPS) is 13.0. The predicted octanol–water partition coefficient (Wildman–Crippen LogP) is 2.35. The fourth-order valence-electron chi connectivity index (χ4n) is 3.10. The topological polar surface area (TPSA) is 93.2 Å². The molecule has 0 radical (unpaired) electrons. The largest absolute Gasteiger partial charge is 0.491 e. The third-order valence-corrected chi connectivity index (χ3v) is 4.35. The molecule has 1 aliphatic heterocycles. The van der Waals surface area contributed by atoms with Crippen molar-refractivity contribution in [3.05, 3.63) is 47.4 Å². The van der Waals surface area contributed by atoms with Crippen LogP contribution in [0.5, 0.6) is 11.6 Å². The smallest absolute Gasteiger partial charge is 0.260 e. The number of carbonyl (C=O) groups excluding carboxylic acids is 1. The van der Waals surface area contributed by atoms with Crippen LogP contribution in [0.1, 0.15) is 21.6 Å². The maximum absolute atomic E-state index is 12.7. The van der Waals surface area contributed by atoms with Gasteiger partial charge in [-0.05, 0) is 30.7 Å². The molecular weight excluding hydrogens is 334 g/mol. The van der Waals surface area contributed by atoms with Crippen LogP contribution >= 0.6 is 0 Å². The number of hydrogen-bond acceptors (Lipinski definition) is 6. The number of methoxy groups -OCH3 is 2. The molecule has 0 spiro atoms. The summed E-state index contributed by atoms with van der Waals surface area (Å²) in [6, 6.07) is 5.47. The van der Waals surface area contributed by atoms with Crippen LogP contribution in [-0.4, -0.2) is 40.3 Å². The van der Waals surface area contributed by atoms with E-state index in [9.17, 15) is 4.79 Å². The summed E-state index contributed by atoms with van der Waals surface area (Å²) in [7, 11) is 3.10. The Kier molecular flexibility index (Phi) is 3.80. The molecule has 0 bridgehead atoms. The first-order valence-corrected chi connectivity index (χ1v) is 8.03. The number of ether oxygens (including phenoxy) is 2. The van der Waals surface area contributed by atoms with Crippen molar-refractivity contribution in [1.29, 1.82) is 0 Å². The molecule has 0 aromatic carbocycles. The number of pyridine rings is 2. The van der Waals surface area contributed by atoms with Gasteiger partial charge in [0.25, 0.3) is 11.8 Å². The number of aromatic amines is 1. The SMILES string of the molecule is COc1ccc(-c2cc(C)c3c(n2)CN(c2cn[nH]c2)C3=O)nc1OC. The fraction of sp³-hybridized carbons (Fsp3) is 0.222. The van der Waals surface area contributed by atoms with E-state index in [0.29, 0.717) is 35.1 Å². The number of anilines is 1. The highest BCUT2D eigenvalue weighted by Crippen LogP contribution is 2.33. The summed E-state index contributed by atoms with van der Waals surface area (Å²) in [5.74, 6) is 0.870. The minimum absolute atomic E-state index is 0.0711. The van der Waals surface area contributed by atoms with Gasteiger partial charge in [-0.1, -0.05) is 0 Å². The molecule has 3 aromatic rings. The van der Waals surface area contributed by atoms with Gasteiger partial charge >= 0.3 is 0 Å². The highest BCUT2D eigenvalue weighted by atomic mass is 16.5. The lowest BCUT2D eigenvalue weighted by molar-refractivity contribution is 0.0996. The van der Waals surface area contributed by atoms with Gasteiger partial charge in [0.2, 0.25) is 0 Å². The van der Waals surface area contributed by atoms with E-state index in [1.807, 2.05) is 19.1 Å². The molecule has 0 saturated carbocycles. The Morgan fingerprint density at radius 1 is 1.15 bits per heavy atom. The molecule has 0 atom stereocenters. The van der Waals surface area contributed by atoms with Crippen molar-refractivity contribution in [3.63, 3.8) is 0 Å². The van der Waals surface area contributed by atoms with E-state index in [1.54, 1.807) is 30.5 Å². The van der Waals surface area contributed by atoms with Crippen LogP contribution in [0.25, 0.3) is 11.4 Å². The van der Waals surface area contributed by atoms with Gasteiger partial charge in [0.05, 0.1) is 55.3 Å². The van der Waals surface area contributed by atoms with E-state index in [0.717, 1.165) is 16.9 Å². The average Bonchev–Trinajstić information content (AvgIpc) is 3.29.